The zero-order valence-electron chi connectivity index (χ0n) is 37.9. The normalized spacial score (nSPS) is 12.4. The van der Waals surface area contributed by atoms with Crippen molar-refractivity contribution in [3.63, 3.8) is 0 Å². The summed E-state index contributed by atoms with van der Waals surface area (Å²) in [5.41, 5.74) is 10.6. The van der Waals surface area contributed by atoms with Crippen LogP contribution in [0.4, 0.5) is 11.4 Å². The van der Waals surface area contributed by atoms with E-state index in [0.717, 1.165) is 56.2 Å². The Morgan fingerprint density at radius 3 is 0.918 bits per heavy atom. The van der Waals surface area contributed by atoms with Crippen LogP contribution in [0.3, 0.4) is 0 Å². The average molecular weight is 890 g/mol. The molecule has 0 aliphatic rings. The fourth-order valence-electron chi connectivity index (χ4n) is 6.66. The van der Waals surface area contributed by atoms with Crippen molar-refractivity contribution in [3.05, 3.63) is 190 Å². The summed E-state index contributed by atoms with van der Waals surface area (Å²) in [5, 5.41) is 22.7. The Morgan fingerprint density at radius 2 is 0.672 bits per heavy atom. The number of rotatable bonds is 6. The molecule has 0 fully saturated rings. The van der Waals surface area contributed by atoms with Crippen LogP contribution >= 0.6 is 18.6 Å². The van der Waals surface area contributed by atoms with Crippen LogP contribution < -0.4 is 0 Å². The molecule has 0 aliphatic heterocycles. The van der Waals surface area contributed by atoms with Gasteiger partial charge in [0.05, 0.1) is 22.8 Å². The van der Waals surface area contributed by atoms with Crippen LogP contribution in [0.5, 0.6) is 11.5 Å². The number of phenols is 2. The summed E-state index contributed by atoms with van der Waals surface area (Å²) in [6.07, 6.45) is 0. The topological polar surface area (TPSA) is 65.2 Å². The van der Waals surface area contributed by atoms with Gasteiger partial charge in [-0.05, 0) is 69.2 Å². The molecule has 6 aromatic rings. The minimum absolute atomic E-state index is 0.0446. The molecule has 0 amide bonds. The van der Waals surface area contributed by atoms with E-state index in [4.69, 9.17) is 28.6 Å². The van der Waals surface area contributed by atoms with Crippen molar-refractivity contribution in [2.24, 2.45) is 9.98 Å². The van der Waals surface area contributed by atoms with Gasteiger partial charge in [0.25, 0.3) is 0 Å². The zero-order valence-corrected chi connectivity index (χ0v) is 41.0. The molecule has 6 rings (SSSR count). The molecule has 0 atom stereocenters. The molecule has 0 aromatic heterocycles. The molecule has 0 saturated heterocycles. The van der Waals surface area contributed by atoms with Gasteiger partial charge in [-0.25, -0.2) is 9.98 Å². The zero-order chi connectivity index (χ0) is 45.2. The Hall–Kier alpha value is -4.45. The third kappa shape index (κ3) is 13.8. The number of aliphatic imine (C=N–C) groups is 2. The number of benzene rings is 6. The second-order valence-electron chi connectivity index (χ2n) is 19.2. The van der Waals surface area contributed by atoms with E-state index in [2.05, 4.69) is 107 Å². The Bertz CT molecular complexity index is 2220. The summed E-state index contributed by atoms with van der Waals surface area (Å²) in [6.45, 7) is 26.0. The van der Waals surface area contributed by atoms with Gasteiger partial charge in [0.1, 0.15) is 11.5 Å². The van der Waals surface area contributed by atoms with Gasteiger partial charge in [0, 0.05) is 33.4 Å². The van der Waals surface area contributed by atoms with Crippen LogP contribution in [0, 0.1) is 0 Å². The third-order valence-corrected chi connectivity index (χ3v) is 10.2. The van der Waals surface area contributed by atoms with Gasteiger partial charge < -0.3 is 10.2 Å². The fraction of sp³-hybridized carbons (Fsp3) is 0.296. The molecule has 0 spiro atoms. The predicted molar refractivity (Wildman–Crippen MR) is 259 cm³/mol. The average Bonchev–Trinajstić information content (AvgIpc) is 3.20. The summed E-state index contributed by atoms with van der Waals surface area (Å²) in [7, 11) is 9.78. The first-order valence-electron chi connectivity index (χ1n) is 20.7. The van der Waals surface area contributed by atoms with Crippen LogP contribution in [-0.2, 0) is 38.7 Å². The molecule has 2 N–H and O–H groups in total. The van der Waals surface area contributed by atoms with E-state index in [1.54, 1.807) is 0 Å². The second kappa shape index (κ2) is 21.1. The SMILES string of the molecule is CC(C)(C)c1cc(C(=Nc2ccccc2)c2ccccc2)c(O)c(C(C)(C)C)c1.CC(C)(C)c1cc(C(=Nc2ccccc2)c2ccccc2)c(O)c(C(C)(C)C)c1.[Cl][Ti][Cl]. The molecule has 0 bridgehead atoms. The third-order valence-electron chi connectivity index (χ3n) is 10.2. The summed E-state index contributed by atoms with van der Waals surface area (Å²) in [4.78, 5) is 9.93. The molecule has 6 aromatic carbocycles. The van der Waals surface area contributed by atoms with E-state index in [0.29, 0.717) is 11.5 Å². The first-order chi connectivity index (χ1) is 28.6. The van der Waals surface area contributed by atoms with Gasteiger partial charge >= 0.3 is 35.6 Å². The van der Waals surface area contributed by atoms with Crippen molar-refractivity contribution in [1.29, 1.82) is 0 Å². The monoisotopic (exact) mass is 888 g/mol. The molecule has 0 heterocycles. The fourth-order valence-corrected chi connectivity index (χ4v) is 6.66. The number of phenolic OH excluding ortho intramolecular Hbond substituents is 2. The van der Waals surface area contributed by atoms with Gasteiger partial charge in [-0.2, -0.15) is 0 Å². The first-order valence-corrected chi connectivity index (χ1v) is 25.0. The van der Waals surface area contributed by atoms with E-state index in [1.165, 1.54) is 11.1 Å². The molecule has 61 heavy (non-hydrogen) atoms. The summed E-state index contributed by atoms with van der Waals surface area (Å²) >= 11 is -0.556. The van der Waals surface area contributed by atoms with Crippen molar-refractivity contribution in [2.75, 3.05) is 0 Å². The molecular weight excluding hydrogens is 827 g/mol. The van der Waals surface area contributed by atoms with Crippen molar-refractivity contribution in [2.45, 2.75) is 105 Å². The standard InChI is InChI=1S/2C27H31NO.2ClH.Ti/c2*1-26(2,3)20-17-22(25(29)23(18-20)27(4,5)6)24(19-13-9-7-10-14-19)28-21-15-11-8-12-16-21;;;/h2*7-18,29H,1-6H3;2*1H;/q;;;;+2/p-2. The van der Waals surface area contributed by atoms with E-state index >= 15 is 0 Å². The van der Waals surface area contributed by atoms with E-state index in [9.17, 15) is 10.2 Å². The number of hydrogen-bond donors (Lipinski definition) is 2. The Kier molecular flexibility index (Phi) is 17.0. The molecule has 4 nitrogen and oxygen atoms in total. The van der Waals surface area contributed by atoms with Crippen molar-refractivity contribution < 1.29 is 27.2 Å². The molecule has 7 heteroatoms. The molecule has 0 radical (unpaired) electrons. The quantitative estimate of drug-likeness (QED) is 0.129. The number of aromatic hydroxyl groups is 2. The number of nitrogens with zero attached hydrogens (tertiary/aromatic N) is 2. The number of para-hydroxylation sites is 2. The van der Waals surface area contributed by atoms with Gasteiger partial charge in [-0.3, -0.25) is 0 Å². The van der Waals surface area contributed by atoms with E-state index in [-0.39, 0.29) is 21.7 Å². The maximum atomic E-state index is 11.3. The van der Waals surface area contributed by atoms with Crippen molar-refractivity contribution >= 4 is 41.4 Å². The van der Waals surface area contributed by atoms with Crippen LogP contribution in [0.25, 0.3) is 0 Å². The minimum atomic E-state index is -0.556. The van der Waals surface area contributed by atoms with Crippen molar-refractivity contribution in [3.8, 4) is 11.5 Å². The summed E-state index contributed by atoms with van der Waals surface area (Å²) in [6, 6.07) is 48.5. The Labute approximate surface area is 382 Å². The molecule has 0 unspecified atom stereocenters. The predicted octanol–water partition coefficient (Wildman–Crippen LogP) is 15.7. The molecule has 0 aliphatic carbocycles. The maximum absolute atomic E-state index is 11.3. The Balaban J connectivity index is 0.000000252. The van der Waals surface area contributed by atoms with E-state index < -0.39 is 17.0 Å². The van der Waals surface area contributed by atoms with E-state index in [1.807, 2.05) is 121 Å². The van der Waals surface area contributed by atoms with Crippen LogP contribution in [0.2, 0.25) is 0 Å². The summed E-state index contributed by atoms with van der Waals surface area (Å²) in [5.74, 6) is 0.619. The van der Waals surface area contributed by atoms with Gasteiger partial charge in [0.15, 0.2) is 0 Å². The van der Waals surface area contributed by atoms with Crippen LogP contribution in [-0.4, -0.2) is 21.6 Å². The second-order valence-corrected chi connectivity index (χ2v) is 21.8. The van der Waals surface area contributed by atoms with Crippen LogP contribution in [0.15, 0.2) is 156 Å². The van der Waals surface area contributed by atoms with Crippen molar-refractivity contribution in [1.82, 2.24) is 0 Å². The van der Waals surface area contributed by atoms with Crippen LogP contribution in [0.1, 0.15) is 128 Å². The molecule has 0 saturated carbocycles. The number of halogens is 2. The molecular formula is C54H62Cl2N2O2Ti. The first kappa shape index (κ1) is 49.2. The summed E-state index contributed by atoms with van der Waals surface area (Å²) < 4.78 is 0. The molecule has 318 valence electrons. The van der Waals surface area contributed by atoms with Gasteiger partial charge in [-0.15, -0.1) is 0 Å². The van der Waals surface area contributed by atoms with Gasteiger partial charge in [-0.1, -0.05) is 192 Å². The van der Waals surface area contributed by atoms with Gasteiger partial charge in [0.2, 0.25) is 0 Å². The Morgan fingerprint density at radius 1 is 0.410 bits per heavy atom. The number of hydrogen-bond acceptors (Lipinski definition) is 4.